The van der Waals surface area contributed by atoms with Gasteiger partial charge in [-0.1, -0.05) is 12.1 Å². The second-order valence-electron chi connectivity index (χ2n) is 3.70. The van der Waals surface area contributed by atoms with Crippen molar-refractivity contribution in [2.75, 3.05) is 0 Å². The third kappa shape index (κ3) is 2.54. The van der Waals surface area contributed by atoms with Crippen LogP contribution >= 0.6 is 0 Å². The fourth-order valence-electron chi connectivity index (χ4n) is 1.55. The van der Waals surface area contributed by atoms with Crippen molar-refractivity contribution in [3.8, 4) is 11.7 Å². The van der Waals surface area contributed by atoms with E-state index in [9.17, 15) is 14.9 Å². The zero-order valence-electron chi connectivity index (χ0n) is 9.82. The highest BCUT2D eigenvalue weighted by Gasteiger charge is 2.20. The van der Waals surface area contributed by atoms with Gasteiger partial charge in [-0.25, -0.2) is 4.79 Å². The lowest BCUT2D eigenvalue weighted by molar-refractivity contribution is -0.386. The van der Waals surface area contributed by atoms with E-state index < -0.39 is 10.9 Å². The van der Waals surface area contributed by atoms with Crippen molar-refractivity contribution in [2.24, 2.45) is 0 Å². The number of ether oxygens (including phenoxy) is 1. The van der Waals surface area contributed by atoms with E-state index in [0.717, 1.165) is 0 Å². The van der Waals surface area contributed by atoms with E-state index in [0.29, 0.717) is 5.56 Å². The van der Waals surface area contributed by atoms with Gasteiger partial charge in [0.05, 0.1) is 4.92 Å². The molecule has 7 heteroatoms. The summed E-state index contributed by atoms with van der Waals surface area (Å²) in [5, 5.41) is 19.6. The van der Waals surface area contributed by atoms with E-state index in [1.165, 1.54) is 18.2 Å². The first-order valence-electron chi connectivity index (χ1n) is 5.24. The number of benzene rings is 1. The average molecular weight is 263 g/mol. The third-order valence-electron chi connectivity index (χ3n) is 2.39. The van der Waals surface area contributed by atoms with Crippen LogP contribution < -0.4 is 4.74 Å². The Balaban J connectivity index is 2.35. The Morgan fingerprint density at radius 2 is 2.11 bits per heavy atom. The highest BCUT2D eigenvalue weighted by molar-refractivity contribution is 5.84. The monoisotopic (exact) mass is 263 g/mol. The van der Waals surface area contributed by atoms with Crippen LogP contribution in [0.2, 0.25) is 0 Å². The molecule has 1 aromatic heterocycles. The molecule has 0 atom stereocenters. The maximum atomic E-state index is 10.9. The summed E-state index contributed by atoms with van der Waals surface area (Å²) in [6.45, 7) is 1.58. The van der Waals surface area contributed by atoms with Crippen LogP contribution in [0.25, 0.3) is 0 Å². The summed E-state index contributed by atoms with van der Waals surface area (Å²) < 4.78 is 10.1. The molecule has 1 aromatic carbocycles. The van der Waals surface area contributed by atoms with Gasteiger partial charge in [-0.2, -0.15) is 0 Å². The van der Waals surface area contributed by atoms with Crippen molar-refractivity contribution in [1.29, 1.82) is 0 Å². The number of rotatable bonds is 4. The third-order valence-corrected chi connectivity index (χ3v) is 2.39. The fourth-order valence-corrected chi connectivity index (χ4v) is 1.55. The minimum atomic E-state index is -1.24. The first-order chi connectivity index (χ1) is 8.99. The Morgan fingerprint density at radius 1 is 1.37 bits per heavy atom. The number of hydrogen-bond donors (Lipinski definition) is 1. The van der Waals surface area contributed by atoms with E-state index >= 15 is 0 Å². The van der Waals surface area contributed by atoms with Gasteiger partial charge in [-0.05, 0) is 19.1 Å². The number of nitro groups is 1. The van der Waals surface area contributed by atoms with Gasteiger partial charge >= 0.3 is 11.7 Å². The smallest absolute Gasteiger partial charge is 0.371 e. The van der Waals surface area contributed by atoms with Gasteiger partial charge in [-0.3, -0.25) is 10.1 Å². The molecule has 0 aliphatic carbocycles. The lowest BCUT2D eigenvalue weighted by atomic mass is 10.2. The van der Waals surface area contributed by atoms with E-state index in [1.54, 1.807) is 19.1 Å². The van der Waals surface area contributed by atoms with Gasteiger partial charge in [0.25, 0.3) is 5.95 Å². The van der Waals surface area contributed by atoms with Gasteiger partial charge in [0, 0.05) is 11.6 Å². The maximum Gasteiger partial charge on any atom is 0.371 e. The quantitative estimate of drug-likeness (QED) is 0.671. The number of nitro benzene ring substituents is 1. The summed E-state index contributed by atoms with van der Waals surface area (Å²) in [5.41, 5.74) is 0.253. The lowest BCUT2D eigenvalue weighted by Gasteiger charge is -2.04. The second-order valence-corrected chi connectivity index (χ2v) is 3.70. The first kappa shape index (κ1) is 12.6. The SMILES string of the molecule is Cc1cccc(Oc2ccc(C(=O)O)o2)c1[N+](=O)[O-]. The molecule has 0 radical (unpaired) electrons. The molecule has 0 unspecified atom stereocenters. The molecular formula is C12H9NO6. The molecule has 0 amide bonds. The Labute approximate surface area is 107 Å². The number of carboxylic acid groups (broad SMARTS) is 1. The molecule has 0 fully saturated rings. The van der Waals surface area contributed by atoms with Crippen LogP contribution in [0.4, 0.5) is 5.69 Å². The Kier molecular flexibility index (Phi) is 3.19. The normalized spacial score (nSPS) is 10.2. The van der Waals surface area contributed by atoms with Crippen LogP contribution in [-0.2, 0) is 0 Å². The molecule has 0 bridgehead atoms. The van der Waals surface area contributed by atoms with E-state index in [4.69, 9.17) is 14.3 Å². The number of carboxylic acids is 1. The number of hydrogen-bond acceptors (Lipinski definition) is 5. The number of aryl methyl sites for hydroxylation is 1. The molecule has 0 aliphatic rings. The van der Waals surface area contributed by atoms with Crippen molar-refractivity contribution in [3.05, 3.63) is 51.8 Å². The highest BCUT2D eigenvalue weighted by Crippen LogP contribution is 2.34. The number of nitrogens with zero attached hydrogens (tertiary/aromatic N) is 1. The molecule has 1 heterocycles. The summed E-state index contributed by atoms with van der Waals surface area (Å²) in [6, 6.07) is 7.08. The Hall–Kier alpha value is -2.83. The van der Waals surface area contributed by atoms with E-state index in [1.807, 2.05) is 0 Å². The van der Waals surface area contributed by atoms with Gasteiger partial charge in [0.2, 0.25) is 11.5 Å². The number of carbonyl (C=O) groups is 1. The summed E-state index contributed by atoms with van der Waals surface area (Å²) in [5.74, 6) is -1.67. The van der Waals surface area contributed by atoms with Crippen LogP contribution in [0.15, 0.2) is 34.7 Å². The molecule has 0 saturated heterocycles. The predicted molar refractivity (Wildman–Crippen MR) is 63.6 cm³/mol. The summed E-state index contributed by atoms with van der Waals surface area (Å²) in [6.07, 6.45) is 0. The highest BCUT2D eigenvalue weighted by atomic mass is 16.6. The Bertz CT molecular complexity index is 645. The van der Waals surface area contributed by atoms with Crippen LogP contribution in [-0.4, -0.2) is 16.0 Å². The minimum Gasteiger partial charge on any atom is -0.475 e. The maximum absolute atomic E-state index is 10.9. The summed E-state index contributed by atoms with van der Waals surface area (Å²) >= 11 is 0. The average Bonchev–Trinajstić information content (AvgIpc) is 2.77. The molecule has 0 aliphatic heterocycles. The van der Waals surface area contributed by atoms with Crippen molar-refractivity contribution in [1.82, 2.24) is 0 Å². The zero-order valence-corrected chi connectivity index (χ0v) is 9.82. The van der Waals surface area contributed by atoms with Crippen molar-refractivity contribution < 1.29 is 24.0 Å². The van der Waals surface area contributed by atoms with Crippen LogP contribution in [0.3, 0.4) is 0 Å². The van der Waals surface area contributed by atoms with Gasteiger partial charge in [-0.15, -0.1) is 0 Å². The molecule has 7 nitrogen and oxygen atoms in total. The van der Waals surface area contributed by atoms with E-state index in [-0.39, 0.29) is 23.1 Å². The van der Waals surface area contributed by atoms with Crippen LogP contribution in [0.1, 0.15) is 16.1 Å². The molecular weight excluding hydrogens is 254 g/mol. The second kappa shape index (κ2) is 4.81. The van der Waals surface area contributed by atoms with Gasteiger partial charge in [0.15, 0.2) is 0 Å². The molecule has 1 N–H and O–H groups in total. The lowest BCUT2D eigenvalue weighted by Crippen LogP contribution is -1.95. The first-order valence-corrected chi connectivity index (χ1v) is 5.24. The molecule has 0 spiro atoms. The molecule has 98 valence electrons. The molecule has 2 aromatic rings. The van der Waals surface area contributed by atoms with E-state index in [2.05, 4.69) is 0 Å². The topological polar surface area (TPSA) is 103 Å². The minimum absolute atomic E-state index is 0.00344. The largest absolute Gasteiger partial charge is 0.475 e. The van der Waals surface area contributed by atoms with Crippen LogP contribution in [0.5, 0.6) is 11.7 Å². The standard InChI is InChI=1S/C12H9NO6/c1-7-3-2-4-8(11(7)13(16)17)18-10-6-5-9(19-10)12(14)15/h2-6H,1H3,(H,14,15). The van der Waals surface area contributed by atoms with Crippen LogP contribution in [0, 0.1) is 17.0 Å². The fraction of sp³-hybridized carbons (Fsp3) is 0.0833. The summed E-state index contributed by atoms with van der Waals surface area (Å²) in [7, 11) is 0. The number of furan rings is 1. The predicted octanol–water partition coefficient (Wildman–Crippen LogP) is 2.99. The number of para-hydroxylation sites is 1. The number of aromatic carboxylic acids is 1. The molecule has 0 saturated carbocycles. The zero-order chi connectivity index (χ0) is 14.0. The van der Waals surface area contributed by atoms with Crippen molar-refractivity contribution >= 4 is 11.7 Å². The van der Waals surface area contributed by atoms with Gasteiger partial charge < -0.3 is 14.3 Å². The summed E-state index contributed by atoms with van der Waals surface area (Å²) in [4.78, 5) is 21.0. The van der Waals surface area contributed by atoms with Gasteiger partial charge in [0.1, 0.15) is 0 Å². The van der Waals surface area contributed by atoms with Crippen molar-refractivity contribution in [3.63, 3.8) is 0 Å². The Morgan fingerprint density at radius 3 is 2.68 bits per heavy atom. The van der Waals surface area contributed by atoms with Crippen molar-refractivity contribution in [2.45, 2.75) is 6.92 Å². The molecule has 2 rings (SSSR count). The molecule has 19 heavy (non-hydrogen) atoms.